The Morgan fingerprint density at radius 2 is 1.61 bits per heavy atom. The van der Waals surface area contributed by atoms with Gasteiger partial charge in [-0.25, -0.2) is 0 Å². The Labute approximate surface area is 176 Å². The smallest absolute Gasteiger partial charge is 0.243 e. The molecule has 0 aliphatic rings. The van der Waals surface area contributed by atoms with E-state index in [1.807, 2.05) is 50.9 Å². The molecule has 0 spiro atoms. The Morgan fingerprint density at radius 3 is 2.21 bits per heavy atom. The van der Waals surface area contributed by atoms with E-state index in [0.717, 1.165) is 27.9 Å². The van der Waals surface area contributed by atoms with Crippen molar-refractivity contribution in [2.45, 2.75) is 27.3 Å². The SMILES string of the molecule is Cc1cc(C)c(NC(=O)CNC(=O)CN(C)Cc2ccc(Cl)c(Cl)c2)c(C)c1. The van der Waals surface area contributed by atoms with Crippen LogP contribution in [-0.4, -0.2) is 36.9 Å². The minimum Gasteiger partial charge on any atom is -0.346 e. The summed E-state index contributed by atoms with van der Waals surface area (Å²) in [7, 11) is 1.82. The Hall–Kier alpha value is -2.08. The first-order chi connectivity index (χ1) is 13.2. The second-order valence-electron chi connectivity index (χ2n) is 7.02. The van der Waals surface area contributed by atoms with Gasteiger partial charge in [0.15, 0.2) is 0 Å². The summed E-state index contributed by atoms with van der Waals surface area (Å²) in [4.78, 5) is 26.1. The highest BCUT2D eigenvalue weighted by Gasteiger charge is 2.12. The number of carbonyl (C=O) groups excluding carboxylic acids is 2. The molecule has 28 heavy (non-hydrogen) atoms. The van der Waals surface area contributed by atoms with Gasteiger partial charge in [-0.05, 0) is 56.6 Å². The fourth-order valence-electron chi connectivity index (χ4n) is 3.05. The molecule has 0 bridgehead atoms. The summed E-state index contributed by atoms with van der Waals surface area (Å²) in [5, 5.41) is 6.50. The van der Waals surface area contributed by atoms with Gasteiger partial charge in [-0.3, -0.25) is 14.5 Å². The third-order valence-electron chi connectivity index (χ3n) is 4.24. The fraction of sp³-hybridized carbons (Fsp3) is 0.333. The summed E-state index contributed by atoms with van der Waals surface area (Å²) in [6.07, 6.45) is 0. The molecule has 2 rings (SSSR count). The largest absolute Gasteiger partial charge is 0.346 e. The highest BCUT2D eigenvalue weighted by molar-refractivity contribution is 6.42. The topological polar surface area (TPSA) is 61.4 Å². The van der Waals surface area contributed by atoms with E-state index in [9.17, 15) is 9.59 Å². The number of amides is 2. The summed E-state index contributed by atoms with van der Waals surface area (Å²) in [5.41, 5.74) is 4.89. The second-order valence-corrected chi connectivity index (χ2v) is 7.83. The normalized spacial score (nSPS) is 10.8. The lowest BCUT2D eigenvalue weighted by atomic mass is 10.1. The molecule has 7 heteroatoms. The van der Waals surface area contributed by atoms with Crippen LogP contribution in [0.25, 0.3) is 0 Å². The van der Waals surface area contributed by atoms with Crippen molar-refractivity contribution < 1.29 is 9.59 Å². The Balaban J connectivity index is 1.81. The van der Waals surface area contributed by atoms with Crippen molar-refractivity contribution >= 4 is 40.7 Å². The second kappa shape index (κ2) is 9.92. The fourth-order valence-corrected chi connectivity index (χ4v) is 3.37. The van der Waals surface area contributed by atoms with Crippen LogP contribution < -0.4 is 10.6 Å². The third kappa shape index (κ3) is 6.51. The maximum atomic E-state index is 12.2. The van der Waals surface area contributed by atoms with E-state index in [0.29, 0.717) is 16.6 Å². The predicted molar refractivity (Wildman–Crippen MR) is 115 cm³/mol. The molecule has 0 radical (unpaired) electrons. The zero-order valence-electron chi connectivity index (χ0n) is 16.5. The number of hydrogen-bond donors (Lipinski definition) is 2. The van der Waals surface area contributed by atoms with Crippen molar-refractivity contribution in [1.82, 2.24) is 10.2 Å². The van der Waals surface area contributed by atoms with Crippen LogP contribution in [0.4, 0.5) is 5.69 Å². The van der Waals surface area contributed by atoms with E-state index in [2.05, 4.69) is 10.6 Å². The molecule has 150 valence electrons. The number of halogens is 2. The number of nitrogens with zero attached hydrogens (tertiary/aromatic N) is 1. The first kappa shape index (κ1) is 22.2. The van der Waals surface area contributed by atoms with Gasteiger partial charge in [-0.15, -0.1) is 0 Å². The van der Waals surface area contributed by atoms with Crippen molar-refractivity contribution in [3.05, 3.63) is 62.6 Å². The molecule has 0 fully saturated rings. The Morgan fingerprint density at radius 1 is 0.964 bits per heavy atom. The van der Waals surface area contributed by atoms with Crippen molar-refractivity contribution in [3.8, 4) is 0 Å². The van der Waals surface area contributed by atoms with E-state index in [1.165, 1.54) is 0 Å². The molecule has 2 N–H and O–H groups in total. The molecule has 2 amide bonds. The van der Waals surface area contributed by atoms with Crippen LogP contribution in [0.15, 0.2) is 30.3 Å². The average Bonchev–Trinajstić information content (AvgIpc) is 2.59. The number of nitrogens with one attached hydrogen (secondary N) is 2. The molecule has 0 unspecified atom stereocenters. The number of hydrogen-bond acceptors (Lipinski definition) is 3. The first-order valence-electron chi connectivity index (χ1n) is 8.92. The molecular formula is C21H25Cl2N3O2. The highest BCUT2D eigenvalue weighted by atomic mass is 35.5. The average molecular weight is 422 g/mol. The number of benzene rings is 2. The number of rotatable bonds is 7. The van der Waals surface area contributed by atoms with Gasteiger partial charge in [0, 0.05) is 12.2 Å². The van der Waals surface area contributed by atoms with Crippen molar-refractivity contribution in [1.29, 1.82) is 0 Å². The van der Waals surface area contributed by atoms with Crippen LogP contribution in [0.5, 0.6) is 0 Å². The first-order valence-corrected chi connectivity index (χ1v) is 9.68. The molecule has 2 aromatic rings. The van der Waals surface area contributed by atoms with Gasteiger partial charge in [0.1, 0.15) is 0 Å². The van der Waals surface area contributed by atoms with Crippen LogP contribution in [0.2, 0.25) is 10.0 Å². The van der Waals surface area contributed by atoms with Crippen LogP contribution in [0.3, 0.4) is 0 Å². The minimum atomic E-state index is -0.254. The zero-order chi connectivity index (χ0) is 20.8. The summed E-state index contributed by atoms with van der Waals surface area (Å²) < 4.78 is 0. The standard InChI is InChI=1S/C21H25Cl2N3O2/c1-13-7-14(2)21(15(3)8-13)25-19(27)10-24-20(28)12-26(4)11-16-5-6-17(22)18(23)9-16/h5-9H,10-12H2,1-4H3,(H,24,28)(H,25,27). The monoisotopic (exact) mass is 421 g/mol. The maximum Gasteiger partial charge on any atom is 0.243 e. The summed E-state index contributed by atoms with van der Waals surface area (Å²) >= 11 is 11.9. The Kier molecular flexibility index (Phi) is 7.87. The molecule has 0 aliphatic carbocycles. The Bertz CT molecular complexity index is 861. The van der Waals surface area contributed by atoms with Gasteiger partial charge in [-0.1, -0.05) is 47.0 Å². The number of likely N-dealkylation sites (N-methyl/N-ethyl adjacent to an activating group) is 1. The van der Waals surface area contributed by atoms with Crippen LogP contribution >= 0.6 is 23.2 Å². The minimum absolute atomic E-state index is 0.0772. The molecule has 2 aromatic carbocycles. The van der Waals surface area contributed by atoms with Gasteiger partial charge in [0.25, 0.3) is 0 Å². The summed E-state index contributed by atoms with van der Waals surface area (Å²) in [6.45, 7) is 6.54. The number of carbonyl (C=O) groups is 2. The molecule has 0 aromatic heterocycles. The molecule has 0 saturated heterocycles. The van der Waals surface area contributed by atoms with Crippen molar-refractivity contribution in [2.24, 2.45) is 0 Å². The highest BCUT2D eigenvalue weighted by Crippen LogP contribution is 2.23. The zero-order valence-corrected chi connectivity index (χ0v) is 18.0. The van der Waals surface area contributed by atoms with Gasteiger partial charge in [0.2, 0.25) is 11.8 Å². The quantitative estimate of drug-likeness (QED) is 0.706. The molecule has 0 saturated carbocycles. The van der Waals surface area contributed by atoms with Crippen LogP contribution in [0, 0.1) is 20.8 Å². The lowest BCUT2D eigenvalue weighted by Crippen LogP contribution is -2.39. The van der Waals surface area contributed by atoms with E-state index in [4.69, 9.17) is 23.2 Å². The van der Waals surface area contributed by atoms with E-state index in [1.54, 1.807) is 12.1 Å². The molecular weight excluding hydrogens is 397 g/mol. The van der Waals surface area contributed by atoms with Gasteiger partial charge < -0.3 is 10.6 Å². The lowest BCUT2D eigenvalue weighted by Gasteiger charge is -2.17. The number of anilines is 1. The van der Waals surface area contributed by atoms with E-state index >= 15 is 0 Å². The molecule has 5 nitrogen and oxygen atoms in total. The molecule has 0 heterocycles. The third-order valence-corrected chi connectivity index (χ3v) is 4.98. The maximum absolute atomic E-state index is 12.2. The summed E-state index contributed by atoms with van der Waals surface area (Å²) in [6, 6.07) is 9.39. The van der Waals surface area contributed by atoms with Gasteiger partial charge >= 0.3 is 0 Å². The van der Waals surface area contributed by atoms with Crippen LogP contribution in [-0.2, 0) is 16.1 Å². The lowest BCUT2D eigenvalue weighted by molar-refractivity contribution is -0.124. The molecule has 0 aliphatic heterocycles. The van der Waals surface area contributed by atoms with E-state index in [-0.39, 0.29) is 24.9 Å². The van der Waals surface area contributed by atoms with Gasteiger partial charge in [0.05, 0.1) is 23.1 Å². The predicted octanol–water partition coefficient (Wildman–Crippen LogP) is 4.11. The summed E-state index contributed by atoms with van der Waals surface area (Å²) in [5.74, 6) is -0.481. The van der Waals surface area contributed by atoms with Crippen LogP contribution in [0.1, 0.15) is 22.3 Å². The van der Waals surface area contributed by atoms with Crippen molar-refractivity contribution in [3.63, 3.8) is 0 Å². The van der Waals surface area contributed by atoms with E-state index < -0.39 is 0 Å². The van der Waals surface area contributed by atoms with Gasteiger partial charge in [-0.2, -0.15) is 0 Å². The number of aryl methyl sites for hydroxylation is 3. The molecule has 0 atom stereocenters. The van der Waals surface area contributed by atoms with Crippen molar-refractivity contribution in [2.75, 3.05) is 25.5 Å².